The van der Waals surface area contributed by atoms with Crippen LogP contribution >= 0.6 is 0 Å². The quantitative estimate of drug-likeness (QED) is 0.886. The summed E-state index contributed by atoms with van der Waals surface area (Å²) >= 11 is 0. The molecule has 1 aromatic carbocycles. The highest BCUT2D eigenvalue weighted by Gasteiger charge is 2.23. The summed E-state index contributed by atoms with van der Waals surface area (Å²) in [5, 5.41) is 13.0. The Morgan fingerprint density at radius 1 is 1.38 bits per heavy atom. The number of hydrogen-bond acceptors (Lipinski definition) is 3. The number of carbonyl (C=O) groups is 1. The van der Waals surface area contributed by atoms with Crippen LogP contribution in [0.1, 0.15) is 42.9 Å². The van der Waals surface area contributed by atoms with Gasteiger partial charge in [0.2, 0.25) is 0 Å². The highest BCUT2D eigenvalue weighted by atomic mass is 16.3. The van der Waals surface area contributed by atoms with Gasteiger partial charge in [-0.05, 0) is 38.0 Å². The van der Waals surface area contributed by atoms with Crippen molar-refractivity contribution in [3.63, 3.8) is 0 Å². The van der Waals surface area contributed by atoms with E-state index < -0.39 is 5.60 Å². The molecule has 1 amide bonds. The third kappa shape index (κ3) is 3.08. The highest BCUT2D eigenvalue weighted by Crippen LogP contribution is 2.17. The van der Waals surface area contributed by atoms with E-state index in [2.05, 4.69) is 10.3 Å². The van der Waals surface area contributed by atoms with Crippen LogP contribution in [0.4, 0.5) is 0 Å². The zero-order valence-electron chi connectivity index (χ0n) is 13.1. The lowest BCUT2D eigenvalue weighted by atomic mass is 9.97. The Labute approximate surface area is 125 Å². The van der Waals surface area contributed by atoms with Crippen molar-refractivity contribution in [2.75, 3.05) is 6.54 Å². The number of aryl methyl sites for hydroxylation is 2. The van der Waals surface area contributed by atoms with E-state index in [9.17, 15) is 9.90 Å². The Morgan fingerprint density at radius 3 is 2.67 bits per heavy atom. The van der Waals surface area contributed by atoms with Gasteiger partial charge in [-0.25, -0.2) is 4.98 Å². The number of imidazole rings is 1. The first-order chi connectivity index (χ1) is 9.90. The summed E-state index contributed by atoms with van der Waals surface area (Å²) in [6, 6.07) is 5.47. The maximum atomic E-state index is 12.2. The van der Waals surface area contributed by atoms with E-state index in [1.165, 1.54) is 0 Å². The van der Waals surface area contributed by atoms with Crippen LogP contribution in [-0.4, -0.2) is 32.7 Å². The first kappa shape index (κ1) is 15.5. The van der Waals surface area contributed by atoms with Crippen molar-refractivity contribution in [1.82, 2.24) is 14.9 Å². The number of rotatable bonds is 5. The van der Waals surface area contributed by atoms with Gasteiger partial charge in [0, 0.05) is 19.2 Å². The molecule has 114 valence electrons. The van der Waals surface area contributed by atoms with Gasteiger partial charge in [-0.15, -0.1) is 0 Å². The van der Waals surface area contributed by atoms with Crippen molar-refractivity contribution in [3.05, 3.63) is 29.6 Å². The monoisotopic (exact) mass is 289 g/mol. The Kier molecular flexibility index (Phi) is 4.32. The molecule has 2 aromatic rings. The lowest BCUT2D eigenvalue weighted by Crippen LogP contribution is -2.42. The normalized spacial score (nSPS) is 11.9. The molecule has 1 aromatic heterocycles. The Bertz CT molecular complexity index is 657. The van der Waals surface area contributed by atoms with Crippen molar-refractivity contribution < 1.29 is 9.90 Å². The average molecular weight is 289 g/mol. The maximum Gasteiger partial charge on any atom is 0.251 e. The van der Waals surface area contributed by atoms with Crippen molar-refractivity contribution in [2.24, 2.45) is 7.05 Å². The first-order valence-electron chi connectivity index (χ1n) is 7.34. The molecule has 0 spiro atoms. The number of aromatic nitrogens is 2. The Hall–Kier alpha value is -1.88. The molecule has 21 heavy (non-hydrogen) atoms. The van der Waals surface area contributed by atoms with Gasteiger partial charge in [-0.2, -0.15) is 0 Å². The molecule has 0 aliphatic rings. The fourth-order valence-corrected chi connectivity index (χ4v) is 2.31. The summed E-state index contributed by atoms with van der Waals surface area (Å²) in [6.45, 7) is 6.03. The summed E-state index contributed by atoms with van der Waals surface area (Å²) in [5.74, 6) is 0.731. The van der Waals surface area contributed by atoms with Crippen molar-refractivity contribution in [1.29, 1.82) is 0 Å². The third-order valence-corrected chi connectivity index (χ3v) is 4.26. The molecule has 5 heteroatoms. The summed E-state index contributed by atoms with van der Waals surface area (Å²) in [7, 11) is 1.95. The van der Waals surface area contributed by atoms with Crippen molar-refractivity contribution in [3.8, 4) is 0 Å². The molecule has 0 fully saturated rings. The minimum Gasteiger partial charge on any atom is -0.388 e. The van der Waals surface area contributed by atoms with Crippen LogP contribution in [0.3, 0.4) is 0 Å². The molecule has 0 unspecified atom stereocenters. The van der Waals surface area contributed by atoms with Gasteiger partial charge in [-0.3, -0.25) is 4.79 Å². The second-order valence-corrected chi connectivity index (χ2v) is 5.54. The van der Waals surface area contributed by atoms with Crippen LogP contribution in [0, 0.1) is 6.92 Å². The van der Waals surface area contributed by atoms with Gasteiger partial charge in [0.1, 0.15) is 5.82 Å². The van der Waals surface area contributed by atoms with Gasteiger partial charge in [-0.1, -0.05) is 13.8 Å². The van der Waals surface area contributed by atoms with Crippen LogP contribution in [0.5, 0.6) is 0 Å². The number of nitrogens with zero attached hydrogens (tertiary/aromatic N) is 2. The molecule has 0 aliphatic carbocycles. The molecule has 0 radical (unpaired) electrons. The fraction of sp³-hybridized carbons (Fsp3) is 0.500. The molecule has 0 saturated carbocycles. The smallest absolute Gasteiger partial charge is 0.251 e. The summed E-state index contributed by atoms with van der Waals surface area (Å²) < 4.78 is 1.99. The first-order valence-corrected chi connectivity index (χ1v) is 7.34. The molecule has 0 saturated heterocycles. The van der Waals surface area contributed by atoms with Crippen LogP contribution in [0.2, 0.25) is 0 Å². The van der Waals surface area contributed by atoms with Crippen LogP contribution in [0.25, 0.3) is 11.0 Å². The van der Waals surface area contributed by atoms with Crippen LogP contribution in [-0.2, 0) is 7.05 Å². The van der Waals surface area contributed by atoms with E-state index in [1.807, 2.05) is 38.5 Å². The second kappa shape index (κ2) is 5.85. The number of amides is 1. The predicted molar refractivity (Wildman–Crippen MR) is 83.3 cm³/mol. The lowest BCUT2D eigenvalue weighted by molar-refractivity contribution is 0.0314. The maximum absolute atomic E-state index is 12.2. The minimum atomic E-state index is -0.832. The Balaban J connectivity index is 2.16. The van der Waals surface area contributed by atoms with E-state index in [1.54, 1.807) is 12.1 Å². The van der Waals surface area contributed by atoms with Crippen molar-refractivity contribution in [2.45, 2.75) is 39.2 Å². The summed E-state index contributed by atoms with van der Waals surface area (Å²) in [5.41, 5.74) is 1.54. The number of nitrogens with one attached hydrogen (secondary N) is 1. The SMILES string of the molecule is CCC(O)(CC)CNC(=O)c1ccc2c(c1)nc(C)n2C. The standard InChI is InChI=1S/C16H23N3O2/c1-5-16(21,6-2)10-17-15(20)12-7-8-14-13(9-12)18-11(3)19(14)4/h7-9,21H,5-6,10H2,1-4H3,(H,17,20). The van der Waals surface area contributed by atoms with E-state index in [-0.39, 0.29) is 12.5 Å². The molecule has 2 N–H and O–H groups in total. The molecule has 0 bridgehead atoms. The van der Waals surface area contributed by atoms with Crippen LogP contribution in [0.15, 0.2) is 18.2 Å². The van der Waals surface area contributed by atoms with E-state index >= 15 is 0 Å². The predicted octanol–water partition coefficient (Wildman–Crippen LogP) is 2.16. The van der Waals surface area contributed by atoms with Gasteiger partial charge in [0.25, 0.3) is 5.91 Å². The van der Waals surface area contributed by atoms with Gasteiger partial charge >= 0.3 is 0 Å². The molecule has 2 rings (SSSR count). The van der Waals surface area contributed by atoms with E-state index in [0.717, 1.165) is 16.9 Å². The van der Waals surface area contributed by atoms with Crippen molar-refractivity contribution >= 4 is 16.9 Å². The molecular formula is C16H23N3O2. The van der Waals surface area contributed by atoms with Gasteiger partial charge in [0.05, 0.1) is 16.6 Å². The number of carbonyl (C=O) groups excluding carboxylic acids is 1. The fourth-order valence-electron chi connectivity index (χ4n) is 2.31. The van der Waals surface area contributed by atoms with E-state index in [0.29, 0.717) is 18.4 Å². The second-order valence-electron chi connectivity index (χ2n) is 5.54. The summed E-state index contributed by atoms with van der Waals surface area (Å²) in [6.07, 6.45) is 1.23. The molecule has 0 aliphatic heterocycles. The third-order valence-electron chi connectivity index (χ3n) is 4.26. The zero-order valence-corrected chi connectivity index (χ0v) is 13.1. The Morgan fingerprint density at radius 2 is 2.05 bits per heavy atom. The van der Waals surface area contributed by atoms with Gasteiger partial charge in [0.15, 0.2) is 0 Å². The number of benzene rings is 1. The number of aliphatic hydroxyl groups is 1. The lowest BCUT2D eigenvalue weighted by Gasteiger charge is -2.25. The summed E-state index contributed by atoms with van der Waals surface area (Å²) in [4.78, 5) is 16.6. The molecule has 5 nitrogen and oxygen atoms in total. The largest absolute Gasteiger partial charge is 0.388 e. The minimum absolute atomic E-state index is 0.180. The zero-order chi connectivity index (χ0) is 15.6. The average Bonchev–Trinajstić information content (AvgIpc) is 2.78. The molecule has 0 atom stereocenters. The topological polar surface area (TPSA) is 67.2 Å². The van der Waals surface area contributed by atoms with E-state index in [4.69, 9.17) is 0 Å². The number of hydrogen-bond donors (Lipinski definition) is 2. The van der Waals surface area contributed by atoms with Crippen LogP contribution < -0.4 is 5.32 Å². The number of fused-ring (bicyclic) bond motifs is 1. The van der Waals surface area contributed by atoms with Gasteiger partial charge < -0.3 is 15.0 Å². The molecular weight excluding hydrogens is 266 g/mol. The highest BCUT2D eigenvalue weighted by molar-refractivity contribution is 5.97. The molecule has 1 heterocycles.